The van der Waals surface area contributed by atoms with Crippen molar-refractivity contribution in [1.29, 1.82) is 0 Å². The van der Waals surface area contributed by atoms with Crippen LogP contribution in [0.3, 0.4) is 0 Å². The van der Waals surface area contributed by atoms with Crippen molar-refractivity contribution < 1.29 is 9.90 Å². The molecule has 0 spiro atoms. The van der Waals surface area contributed by atoms with E-state index in [0.717, 1.165) is 26.1 Å². The van der Waals surface area contributed by atoms with Crippen LogP contribution in [0.15, 0.2) is 30.3 Å². The fourth-order valence-corrected chi connectivity index (χ4v) is 3.03. The van der Waals surface area contributed by atoms with Gasteiger partial charge >= 0.3 is 5.97 Å². The Morgan fingerprint density at radius 3 is 2.75 bits per heavy atom. The van der Waals surface area contributed by atoms with E-state index in [0.29, 0.717) is 12.1 Å². The van der Waals surface area contributed by atoms with Crippen molar-refractivity contribution in [3.05, 3.63) is 35.9 Å². The van der Waals surface area contributed by atoms with Crippen LogP contribution in [-0.4, -0.2) is 53.1 Å². The lowest BCUT2D eigenvalue weighted by molar-refractivity contribution is -0.138. The van der Waals surface area contributed by atoms with Crippen molar-refractivity contribution in [3.8, 4) is 0 Å². The highest BCUT2D eigenvalue weighted by molar-refractivity contribution is 5.69. The Bertz CT molecular complexity index is 435. The number of nitrogens with zero attached hydrogens (tertiary/aromatic N) is 2. The van der Waals surface area contributed by atoms with Crippen LogP contribution in [0.2, 0.25) is 0 Å². The third-order valence-electron chi connectivity index (χ3n) is 4.29. The molecule has 2 rings (SSSR count). The van der Waals surface area contributed by atoms with Crippen LogP contribution in [0.1, 0.15) is 31.9 Å². The van der Waals surface area contributed by atoms with Crippen LogP contribution in [0.5, 0.6) is 0 Å². The van der Waals surface area contributed by atoms with Gasteiger partial charge in [0.25, 0.3) is 0 Å². The maximum Gasteiger partial charge on any atom is 0.317 e. The number of hydrogen-bond donors (Lipinski definition) is 1. The van der Waals surface area contributed by atoms with Crippen molar-refractivity contribution in [2.75, 3.05) is 26.2 Å². The van der Waals surface area contributed by atoms with Crippen molar-refractivity contribution in [2.24, 2.45) is 0 Å². The highest BCUT2D eigenvalue weighted by Crippen LogP contribution is 2.26. The van der Waals surface area contributed by atoms with E-state index < -0.39 is 5.97 Å². The Labute approximate surface area is 121 Å². The molecule has 0 amide bonds. The quantitative estimate of drug-likeness (QED) is 0.865. The number of carboxylic acids is 1. The van der Waals surface area contributed by atoms with E-state index >= 15 is 0 Å². The number of rotatable bonds is 6. The van der Waals surface area contributed by atoms with Crippen molar-refractivity contribution in [2.45, 2.75) is 32.4 Å². The minimum Gasteiger partial charge on any atom is -0.480 e. The predicted molar refractivity (Wildman–Crippen MR) is 79.7 cm³/mol. The molecule has 1 aromatic carbocycles. The van der Waals surface area contributed by atoms with Gasteiger partial charge in [-0.3, -0.25) is 14.6 Å². The van der Waals surface area contributed by atoms with Gasteiger partial charge in [0.2, 0.25) is 0 Å². The largest absolute Gasteiger partial charge is 0.480 e. The molecule has 1 fully saturated rings. The Morgan fingerprint density at radius 1 is 1.45 bits per heavy atom. The third-order valence-corrected chi connectivity index (χ3v) is 4.29. The topological polar surface area (TPSA) is 43.8 Å². The van der Waals surface area contributed by atoms with Crippen LogP contribution >= 0.6 is 0 Å². The SMILES string of the molecule is CCN(CC(=O)O)[C@@H]1CCN([C@H](C)c2ccccc2)C1. The zero-order valence-electron chi connectivity index (χ0n) is 12.3. The summed E-state index contributed by atoms with van der Waals surface area (Å²) in [5.74, 6) is -0.735. The highest BCUT2D eigenvalue weighted by Gasteiger charge is 2.30. The van der Waals surface area contributed by atoms with E-state index in [-0.39, 0.29) is 6.54 Å². The minimum absolute atomic E-state index is 0.148. The van der Waals surface area contributed by atoms with Crippen LogP contribution in [0, 0.1) is 0 Å². The van der Waals surface area contributed by atoms with E-state index in [1.54, 1.807) is 0 Å². The second kappa shape index (κ2) is 6.86. The molecule has 1 N–H and O–H groups in total. The zero-order valence-corrected chi connectivity index (χ0v) is 12.3. The molecule has 1 aliphatic heterocycles. The lowest BCUT2D eigenvalue weighted by Gasteiger charge is -2.28. The standard InChI is InChI=1S/C16H24N2O2/c1-3-17(12-16(19)20)15-9-10-18(11-15)13(2)14-7-5-4-6-8-14/h4-8,13,15H,3,9-12H2,1-2H3,(H,19,20)/t13-,15-/m1/s1. The first-order valence-electron chi connectivity index (χ1n) is 7.36. The molecular formula is C16H24N2O2. The Hall–Kier alpha value is -1.39. The molecule has 0 radical (unpaired) electrons. The molecule has 20 heavy (non-hydrogen) atoms. The van der Waals surface area contributed by atoms with Gasteiger partial charge in [0.1, 0.15) is 0 Å². The Kier molecular flexibility index (Phi) is 5.15. The Balaban J connectivity index is 1.96. The number of hydrogen-bond acceptors (Lipinski definition) is 3. The van der Waals surface area contributed by atoms with E-state index in [9.17, 15) is 4.79 Å². The molecule has 1 aliphatic rings. The summed E-state index contributed by atoms with van der Waals surface area (Å²) in [5, 5.41) is 8.97. The van der Waals surface area contributed by atoms with Crippen molar-refractivity contribution in [3.63, 3.8) is 0 Å². The summed E-state index contributed by atoms with van der Waals surface area (Å²) in [4.78, 5) is 15.4. The number of likely N-dealkylation sites (tertiary alicyclic amines) is 1. The predicted octanol–water partition coefficient (Wildman–Crippen LogP) is 2.23. The molecule has 4 heteroatoms. The molecule has 4 nitrogen and oxygen atoms in total. The lowest BCUT2D eigenvalue weighted by atomic mass is 10.1. The zero-order chi connectivity index (χ0) is 14.5. The first kappa shape index (κ1) is 15.0. The smallest absolute Gasteiger partial charge is 0.317 e. The number of likely N-dealkylation sites (N-methyl/N-ethyl adjacent to an activating group) is 1. The first-order valence-corrected chi connectivity index (χ1v) is 7.36. The minimum atomic E-state index is -0.735. The summed E-state index contributed by atoms with van der Waals surface area (Å²) >= 11 is 0. The van der Waals surface area contributed by atoms with Crippen LogP contribution in [-0.2, 0) is 4.79 Å². The summed E-state index contributed by atoms with van der Waals surface area (Å²) < 4.78 is 0. The van der Waals surface area contributed by atoms with Crippen molar-refractivity contribution in [1.82, 2.24) is 9.80 Å². The monoisotopic (exact) mass is 276 g/mol. The van der Waals surface area contributed by atoms with Crippen LogP contribution < -0.4 is 0 Å². The van der Waals surface area contributed by atoms with Gasteiger partial charge in [-0.25, -0.2) is 0 Å². The highest BCUT2D eigenvalue weighted by atomic mass is 16.4. The molecule has 1 saturated heterocycles. The molecule has 110 valence electrons. The van der Waals surface area contributed by atoms with Crippen LogP contribution in [0.4, 0.5) is 0 Å². The molecule has 0 unspecified atom stereocenters. The molecular weight excluding hydrogens is 252 g/mol. The number of benzene rings is 1. The molecule has 0 aromatic heterocycles. The van der Waals surface area contributed by atoms with Gasteiger partial charge in [-0.1, -0.05) is 37.3 Å². The normalized spacial score (nSPS) is 21.2. The summed E-state index contributed by atoms with van der Waals surface area (Å²) in [6.45, 7) is 7.20. The van der Waals surface area contributed by atoms with Gasteiger partial charge in [0.15, 0.2) is 0 Å². The Morgan fingerprint density at radius 2 is 2.15 bits per heavy atom. The number of aliphatic carboxylic acids is 1. The number of carbonyl (C=O) groups is 1. The third kappa shape index (κ3) is 3.58. The van der Waals surface area contributed by atoms with Gasteiger partial charge in [-0.05, 0) is 25.5 Å². The maximum absolute atomic E-state index is 10.9. The second-order valence-corrected chi connectivity index (χ2v) is 5.48. The van der Waals surface area contributed by atoms with E-state index in [1.165, 1.54) is 5.56 Å². The average Bonchev–Trinajstić information content (AvgIpc) is 2.94. The molecule has 0 bridgehead atoms. The van der Waals surface area contributed by atoms with Gasteiger partial charge in [-0.2, -0.15) is 0 Å². The molecule has 0 aliphatic carbocycles. The second-order valence-electron chi connectivity index (χ2n) is 5.48. The van der Waals surface area contributed by atoms with E-state index in [1.807, 2.05) is 13.0 Å². The van der Waals surface area contributed by atoms with E-state index in [2.05, 4.69) is 41.0 Å². The van der Waals surface area contributed by atoms with Gasteiger partial charge in [-0.15, -0.1) is 0 Å². The summed E-state index contributed by atoms with van der Waals surface area (Å²) in [5.41, 5.74) is 1.33. The van der Waals surface area contributed by atoms with E-state index in [4.69, 9.17) is 5.11 Å². The van der Waals surface area contributed by atoms with Gasteiger partial charge < -0.3 is 5.11 Å². The molecule has 2 atom stereocenters. The number of carboxylic acid groups (broad SMARTS) is 1. The first-order chi connectivity index (χ1) is 9.61. The maximum atomic E-state index is 10.9. The average molecular weight is 276 g/mol. The fourth-order valence-electron chi connectivity index (χ4n) is 3.03. The van der Waals surface area contributed by atoms with Crippen molar-refractivity contribution >= 4 is 5.97 Å². The summed E-state index contributed by atoms with van der Waals surface area (Å²) in [6, 6.07) is 11.3. The van der Waals surface area contributed by atoms with Gasteiger partial charge in [0, 0.05) is 25.2 Å². The molecule has 1 heterocycles. The molecule has 1 aromatic rings. The van der Waals surface area contributed by atoms with Gasteiger partial charge in [0.05, 0.1) is 6.54 Å². The fraction of sp³-hybridized carbons (Fsp3) is 0.562. The summed E-state index contributed by atoms with van der Waals surface area (Å²) in [6.07, 6.45) is 1.05. The lowest BCUT2D eigenvalue weighted by Crippen LogP contribution is -2.40. The van der Waals surface area contributed by atoms with Crippen LogP contribution in [0.25, 0.3) is 0 Å². The summed E-state index contributed by atoms with van der Waals surface area (Å²) in [7, 11) is 0. The molecule has 0 saturated carbocycles.